The fourth-order valence-electron chi connectivity index (χ4n) is 3.58. The lowest BCUT2D eigenvalue weighted by molar-refractivity contribution is -0.126. The van der Waals surface area contributed by atoms with Crippen molar-refractivity contribution in [3.63, 3.8) is 0 Å². The summed E-state index contributed by atoms with van der Waals surface area (Å²) in [5.41, 5.74) is 7.95. The lowest BCUT2D eigenvalue weighted by Gasteiger charge is -2.17. The number of carbonyl (C=O) groups excluding carboxylic acids is 1. The Balaban J connectivity index is 1.52. The van der Waals surface area contributed by atoms with Crippen molar-refractivity contribution in [3.05, 3.63) is 54.6 Å². The van der Waals surface area contributed by atoms with Gasteiger partial charge in [-0.2, -0.15) is 0 Å². The van der Waals surface area contributed by atoms with Gasteiger partial charge in [0.05, 0.1) is 6.54 Å². The summed E-state index contributed by atoms with van der Waals surface area (Å²) in [6.07, 6.45) is 3.11. The van der Waals surface area contributed by atoms with Crippen molar-refractivity contribution in [1.29, 1.82) is 0 Å². The normalized spacial score (nSPS) is 19.6. The molecule has 1 amide bonds. The van der Waals surface area contributed by atoms with E-state index >= 15 is 0 Å². The molecular formula is C21H26N2O2. The zero-order valence-corrected chi connectivity index (χ0v) is 14.5. The third-order valence-corrected chi connectivity index (χ3v) is 4.93. The van der Waals surface area contributed by atoms with Crippen molar-refractivity contribution in [2.45, 2.75) is 19.3 Å². The molecule has 3 N–H and O–H groups in total. The minimum absolute atomic E-state index is 0.0709. The topological polar surface area (TPSA) is 64.4 Å². The molecule has 0 heterocycles. The number of hydrogen-bond donors (Lipinski definition) is 2. The van der Waals surface area contributed by atoms with Crippen molar-refractivity contribution in [1.82, 2.24) is 5.32 Å². The van der Waals surface area contributed by atoms with Gasteiger partial charge in [0.1, 0.15) is 12.4 Å². The van der Waals surface area contributed by atoms with E-state index in [2.05, 4.69) is 17.4 Å². The van der Waals surface area contributed by atoms with Crippen LogP contribution in [0.25, 0.3) is 11.1 Å². The maximum Gasteiger partial charge on any atom is 0.223 e. The number of amides is 1. The van der Waals surface area contributed by atoms with Crippen LogP contribution in [0.3, 0.4) is 0 Å². The van der Waals surface area contributed by atoms with Gasteiger partial charge in [0.2, 0.25) is 5.91 Å². The van der Waals surface area contributed by atoms with Gasteiger partial charge in [-0.1, -0.05) is 55.0 Å². The van der Waals surface area contributed by atoms with E-state index in [0.717, 1.165) is 36.1 Å². The summed E-state index contributed by atoms with van der Waals surface area (Å²) in [5.74, 6) is 1.36. The lowest BCUT2D eigenvalue weighted by atomic mass is 9.95. The SMILES string of the molecule is NC[C@H]1CCC[C@H]1C(=O)NCCOc1ccccc1-c1ccccc1. The first kappa shape index (κ1) is 17.5. The number of ether oxygens (including phenoxy) is 1. The summed E-state index contributed by atoms with van der Waals surface area (Å²) in [5, 5.41) is 3.00. The van der Waals surface area contributed by atoms with Crippen molar-refractivity contribution in [2.75, 3.05) is 19.7 Å². The van der Waals surface area contributed by atoms with Crippen molar-refractivity contribution in [3.8, 4) is 16.9 Å². The van der Waals surface area contributed by atoms with Gasteiger partial charge in [-0.3, -0.25) is 4.79 Å². The molecule has 2 aromatic carbocycles. The minimum Gasteiger partial charge on any atom is -0.491 e. The summed E-state index contributed by atoms with van der Waals surface area (Å²) in [6, 6.07) is 18.1. The average Bonchev–Trinajstić information content (AvgIpc) is 3.15. The molecule has 1 fully saturated rings. The molecule has 1 saturated carbocycles. The summed E-state index contributed by atoms with van der Waals surface area (Å²) >= 11 is 0. The Morgan fingerprint density at radius 1 is 1.08 bits per heavy atom. The smallest absolute Gasteiger partial charge is 0.223 e. The quantitative estimate of drug-likeness (QED) is 0.762. The number of carbonyl (C=O) groups is 1. The first-order chi connectivity index (χ1) is 12.3. The van der Waals surface area contributed by atoms with Gasteiger partial charge in [0.25, 0.3) is 0 Å². The maximum absolute atomic E-state index is 12.3. The molecule has 2 atom stereocenters. The van der Waals surface area contributed by atoms with Crippen LogP contribution in [-0.2, 0) is 4.79 Å². The second kappa shape index (κ2) is 8.67. The number of para-hydroxylation sites is 1. The molecule has 1 aliphatic rings. The fourth-order valence-corrected chi connectivity index (χ4v) is 3.58. The Bertz CT molecular complexity index is 687. The summed E-state index contributed by atoms with van der Waals surface area (Å²) in [6.45, 7) is 1.56. The van der Waals surface area contributed by atoms with E-state index in [1.807, 2.05) is 42.5 Å². The Morgan fingerprint density at radius 2 is 1.84 bits per heavy atom. The molecule has 0 spiro atoms. The van der Waals surface area contributed by atoms with E-state index in [1.165, 1.54) is 0 Å². The molecule has 0 aliphatic heterocycles. The van der Waals surface area contributed by atoms with Gasteiger partial charge in [-0.15, -0.1) is 0 Å². The molecule has 25 heavy (non-hydrogen) atoms. The van der Waals surface area contributed by atoms with Crippen LogP contribution in [0.2, 0.25) is 0 Å². The predicted octanol–water partition coefficient (Wildman–Crippen LogP) is 3.22. The van der Waals surface area contributed by atoms with Crippen LogP contribution in [0, 0.1) is 11.8 Å². The maximum atomic E-state index is 12.3. The highest BCUT2D eigenvalue weighted by Crippen LogP contribution is 2.31. The van der Waals surface area contributed by atoms with Crippen LogP contribution >= 0.6 is 0 Å². The van der Waals surface area contributed by atoms with Crippen molar-refractivity contribution in [2.24, 2.45) is 17.6 Å². The molecule has 0 unspecified atom stereocenters. The second-order valence-electron chi connectivity index (χ2n) is 6.53. The Hall–Kier alpha value is -2.33. The molecule has 4 nitrogen and oxygen atoms in total. The van der Waals surface area contributed by atoms with Crippen molar-refractivity contribution >= 4 is 5.91 Å². The molecule has 1 aliphatic carbocycles. The van der Waals surface area contributed by atoms with Gasteiger partial charge in [0.15, 0.2) is 0 Å². The summed E-state index contributed by atoms with van der Waals surface area (Å²) < 4.78 is 5.92. The monoisotopic (exact) mass is 338 g/mol. The first-order valence-electron chi connectivity index (χ1n) is 9.04. The predicted molar refractivity (Wildman–Crippen MR) is 100 cm³/mol. The fraction of sp³-hybridized carbons (Fsp3) is 0.381. The number of rotatable bonds is 7. The highest BCUT2D eigenvalue weighted by atomic mass is 16.5. The van der Waals surface area contributed by atoms with Crippen LogP contribution in [0.15, 0.2) is 54.6 Å². The summed E-state index contributed by atoms with van der Waals surface area (Å²) in [4.78, 5) is 12.3. The largest absolute Gasteiger partial charge is 0.491 e. The first-order valence-corrected chi connectivity index (χ1v) is 9.04. The molecular weight excluding hydrogens is 312 g/mol. The zero-order valence-electron chi connectivity index (χ0n) is 14.5. The van der Waals surface area contributed by atoms with Gasteiger partial charge in [0, 0.05) is 11.5 Å². The lowest BCUT2D eigenvalue weighted by Crippen LogP contribution is -2.37. The second-order valence-corrected chi connectivity index (χ2v) is 6.53. The third-order valence-electron chi connectivity index (χ3n) is 4.93. The molecule has 132 valence electrons. The number of nitrogens with two attached hydrogens (primary N) is 1. The average molecular weight is 338 g/mol. The zero-order chi connectivity index (χ0) is 17.5. The summed E-state index contributed by atoms with van der Waals surface area (Å²) in [7, 11) is 0. The Morgan fingerprint density at radius 3 is 2.64 bits per heavy atom. The van der Waals surface area contributed by atoms with Crippen LogP contribution in [0.5, 0.6) is 5.75 Å². The number of nitrogens with one attached hydrogen (secondary N) is 1. The molecule has 2 aromatic rings. The van der Waals surface area contributed by atoms with Crippen molar-refractivity contribution < 1.29 is 9.53 Å². The molecule has 0 saturated heterocycles. The van der Waals surface area contributed by atoms with E-state index in [9.17, 15) is 4.79 Å². The van der Waals surface area contributed by atoms with Crippen LogP contribution in [0.4, 0.5) is 0 Å². The minimum atomic E-state index is 0.0709. The Kier molecular flexibility index (Phi) is 6.07. The highest BCUT2D eigenvalue weighted by molar-refractivity contribution is 5.79. The molecule has 0 radical (unpaired) electrons. The van der Waals surface area contributed by atoms with Crippen LogP contribution < -0.4 is 15.8 Å². The van der Waals surface area contributed by atoms with Gasteiger partial charge in [-0.05, 0) is 36.9 Å². The van der Waals surface area contributed by atoms with Gasteiger partial charge < -0.3 is 15.8 Å². The van der Waals surface area contributed by atoms with Gasteiger partial charge >= 0.3 is 0 Å². The van der Waals surface area contributed by atoms with Crippen LogP contribution in [-0.4, -0.2) is 25.6 Å². The molecule has 3 rings (SSSR count). The van der Waals surface area contributed by atoms with E-state index in [0.29, 0.717) is 25.6 Å². The van der Waals surface area contributed by atoms with E-state index < -0.39 is 0 Å². The van der Waals surface area contributed by atoms with E-state index in [-0.39, 0.29) is 11.8 Å². The number of benzene rings is 2. The standard InChI is InChI=1S/C21H26N2O2/c22-15-17-9-6-11-19(17)21(24)23-13-14-25-20-12-5-4-10-18(20)16-7-2-1-3-8-16/h1-5,7-8,10,12,17,19H,6,9,11,13-15,22H2,(H,23,24)/t17-,19-/m1/s1. The third kappa shape index (κ3) is 4.40. The Labute approximate surface area is 149 Å². The molecule has 0 bridgehead atoms. The van der Waals surface area contributed by atoms with E-state index in [4.69, 9.17) is 10.5 Å². The highest BCUT2D eigenvalue weighted by Gasteiger charge is 2.31. The number of hydrogen-bond acceptors (Lipinski definition) is 3. The molecule has 0 aromatic heterocycles. The van der Waals surface area contributed by atoms with Crippen LogP contribution in [0.1, 0.15) is 19.3 Å². The molecule has 4 heteroatoms. The van der Waals surface area contributed by atoms with Gasteiger partial charge in [-0.25, -0.2) is 0 Å². The van der Waals surface area contributed by atoms with E-state index in [1.54, 1.807) is 0 Å².